The molecule has 1 saturated carbocycles. The highest BCUT2D eigenvalue weighted by Crippen LogP contribution is 2.29. The molecular formula is C19H21FN2O2S. The van der Waals surface area contributed by atoms with Gasteiger partial charge in [0.15, 0.2) is 0 Å². The molecule has 1 aliphatic rings. The molecule has 0 saturated heterocycles. The summed E-state index contributed by atoms with van der Waals surface area (Å²) in [6.45, 7) is 2.49. The smallest absolute Gasteiger partial charge is 0.276 e. The molecule has 0 radical (unpaired) electrons. The van der Waals surface area contributed by atoms with Crippen LogP contribution in [-0.2, 0) is 4.84 Å². The lowest BCUT2D eigenvalue weighted by atomic mass is 10.1. The van der Waals surface area contributed by atoms with Crippen LogP contribution >= 0.6 is 11.8 Å². The fourth-order valence-electron chi connectivity index (χ4n) is 2.43. The molecule has 1 fully saturated rings. The van der Waals surface area contributed by atoms with E-state index < -0.39 is 5.82 Å². The maximum atomic E-state index is 13.7. The molecule has 0 aliphatic heterocycles. The third-order valence-corrected chi connectivity index (χ3v) is 4.84. The summed E-state index contributed by atoms with van der Waals surface area (Å²) in [6.07, 6.45) is 4.30. The lowest BCUT2D eigenvalue weighted by Crippen LogP contribution is -2.25. The molecule has 2 aromatic rings. The van der Waals surface area contributed by atoms with Crippen LogP contribution in [-0.4, -0.2) is 18.8 Å². The van der Waals surface area contributed by atoms with Gasteiger partial charge in [-0.25, -0.2) is 9.87 Å². The number of benzene rings is 2. The standard InChI is InChI=1S/C19H21FN2O2S/c1-12-9-15(25-2)6-8-17(12)21-18-10-14(20)5-7-16(18)19(23)22-24-11-13-3-4-13/h5-10,13,21H,3-4,11H2,1-2H3,(H,22,23). The van der Waals surface area contributed by atoms with Crippen LogP contribution in [0.4, 0.5) is 15.8 Å². The summed E-state index contributed by atoms with van der Waals surface area (Å²) < 4.78 is 13.7. The second-order valence-electron chi connectivity index (χ2n) is 6.18. The first-order chi connectivity index (χ1) is 12.1. The third-order valence-electron chi connectivity index (χ3n) is 4.11. The lowest BCUT2D eigenvalue weighted by Gasteiger charge is -2.14. The number of anilines is 2. The molecule has 1 aliphatic carbocycles. The molecule has 1 amide bonds. The number of halogens is 1. The van der Waals surface area contributed by atoms with E-state index in [2.05, 4.69) is 10.8 Å². The van der Waals surface area contributed by atoms with Crippen LogP contribution in [0.15, 0.2) is 41.3 Å². The molecule has 132 valence electrons. The Balaban J connectivity index is 1.77. The third kappa shape index (κ3) is 4.74. The first kappa shape index (κ1) is 17.8. The van der Waals surface area contributed by atoms with Gasteiger partial charge in [-0.1, -0.05) is 0 Å². The van der Waals surface area contributed by atoms with Crippen molar-refractivity contribution in [3.63, 3.8) is 0 Å². The Morgan fingerprint density at radius 1 is 1.24 bits per heavy atom. The van der Waals surface area contributed by atoms with Crippen molar-refractivity contribution in [3.8, 4) is 0 Å². The molecule has 0 bridgehead atoms. The van der Waals surface area contributed by atoms with Crippen LogP contribution in [0, 0.1) is 18.7 Å². The van der Waals surface area contributed by atoms with Crippen molar-refractivity contribution >= 4 is 29.0 Å². The molecular weight excluding hydrogens is 339 g/mol. The van der Waals surface area contributed by atoms with Crippen molar-refractivity contribution < 1.29 is 14.0 Å². The zero-order chi connectivity index (χ0) is 17.8. The Labute approximate surface area is 151 Å². The van der Waals surface area contributed by atoms with Crippen LogP contribution in [0.1, 0.15) is 28.8 Å². The van der Waals surface area contributed by atoms with Gasteiger partial charge in [0.1, 0.15) is 5.82 Å². The summed E-state index contributed by atoms with van der Waals surface area (Å²) in [5, 5.41) is 3.16. The van der Waals surface area contributed by atoms with Gasteiger partial charge in [-0.3, -0.25) is 9.63 Å². The maximum absolute atomic E-state index is 13.7. The van der Waals surface area contributed by atoms with E-state index in [0.29, 0.717) is 23.8 Å². The number of rotatable bonds is 7. The second-order valence-corrected chi connectivity index (χ2v) is 7.06. The fourth-order valence-corrected chi connectivity index (χ4v) is 2.93. The van der Waals surface area contributed by atoms with E-state index in [1.54, 1.807) is 11.8 Å². The van der Waals surface area contributed by atoms with Crippen molar-refractivity contribution in [2.24, 2.45) is 5.92 Å². The molecule has 2 N–H and O–H groups in total. The highest BCUT2D eigenvalue weighted by atomic mass is 32.2. The maximum Gasteiger partial charge on any atom is 0.276 e. The number of carbonyl (C=O) groups is 1. The van der Waals surface area contributed by atoms with Gasteiger partial charge in [0.25, 0.3) is 5.91 Å². The van der Waals surface area contributed by atoms with Crippen molar-refractivity contribution in [2.45, 2.75) is 24.7 Å². The van der Waals surface area contributed by atoms with Gasteiger partial charge >= 0.3 is 0 Å². The van der Waals surface area contributed by atoms with Crippen LogP contribution in [0.5, 0.6) is 0 Å². The van der Waals surface area contributed by atoms with Crippen molar-refractivity contribution in [1.82, 2.24) is 5.48 Å². The van der Waals surface area contributed by atoms with Crippen LogP contribution in [0.25, 0.3) is 0 Å². The Morgan fingerprint density at radius 2 is 2.04 bits per heavy atom. The number of nitrogens with one attached hydrogen (secondary N) is 2. The summed E-state index contributed by atoms with van der Waals surface area (Å²) in [5.41, 5.74) is 5.04. The Kier molecular flexibility index (Phi) is 5.60. The second kappa shape index (κ2) is 7.89. The number of carbonyl (C=O) groups excluding carboxylic acids is 1. The Bertz CT molecular complexity index is 778. The van der Waals surface area contributed by atoms with Gasteiger partial charge in [-0.15, -0.1) is 11.8 Å². The molecule has 0 aromatic heterocycles. The molecule has 4 nitrogen and oxygen atoms in total. The first-order valence-corrected chi connectivity index (χ1v) is 9.42. The number of hydrogen-bond donors (Lipinski definition) is 2. The van der Waals surface area contributed by atoms with Gasteiger partial charge in [0, 0.05) is 10.6 Å². The summed E-state index contributed by atoms with van der Waals surface area (Å²) in [7, 11) is 0. The van der Waals surface area contributed by atoms with E-state index >= 15 is 0 Å². The van der Waals surface area contributed by atoms with E-state index in [1.165, 1.54) is 18.2 Å². The molecule has 0 unspecified atom stereocenters. The Morgan fingerprint density at radius 3 is 2.72 bits per heavy atom. The minimum absolute atomic E-state index is 0.338. The fraction of sp³-hybridized carbons (Fsp3) is 0.316. The first-order valence-electron chi connectivity index (χ1n) is 8.20. The minimum atomic E-state index is -0.406. The average molecular weight is 360 g/mol. The SMILES string of the molecule is CSc1ccc(Nc2cc(F)ccc2C(=O)NOCC2CC2)c(C)c1. The number of amides is 1. The summed E-state index contributed by atoms with van der Waals surface area (Å²) in [6, 6.07) is 10.0. The highest BCUT2D eigenvalue weighted by molar-refractivity contribution is 7.98. The predicted molar refractivity (Wildman–Crippen MR) is 98.8 cm³/mol. The molecule has 3 rings (SSSR count). The van der Waals surface area contributed by atoms with E-state index in [4.69, 9.17) is 4.84 Å². The van der Waals surface area contributed by atoms with E-state index in [-0.39, 0.29) is 5.91 Å². The molecule has 0 spiro atoms. The predicted octanol–water partition coefficient (Wildman–Crippen LogP) is 4.67. The number of hydroxylamine groups is 1. The summed E-state index contributed by atoms with van der Waals surface area (Å²) in [5.74, 6) is -0.249. The monoisotopic (exact) mass is 360 g/mol. The summed E-state index contributed by atoms with van der Waals surface area (Å²) in [4.78, 5) is 18.7. The quantitative estimate of drug-likeness (QED) is 0.556. The molecule has 0 heterocycles. The van der Waals surface area contributed by atoms with Gasteiger partial charge in [0.2, 0.25) is 0 Å². The van der Waals surface area contributed by atoms with Gasteiger partial charge in [0.05, 0.1) is 17.9 Å². The van der Waals surface area contributed by atoms with Crippen LogP contribution in [0.2, 0.25) is 0 Å². The summed E-state index contributed by atoms with van der Waals surface area (Å²) >= 11 is 1.66. The van der Waals surface area contributed by atoms with E-state index in [9.17, 15) is 9.18 Å². The highest BCUT2D eigenvalue weighted by Gasteiger charge is 2.22. The van der Waals surface area contributed by atoms with Gasteiger partial charge in [-0.05, 0) is 73.9 Å². The van der Waals surface area contributed by atoms with Gasteiger partial charge < -0.3 is 5.32 Å². The average Bonchev–Trinajstić information content (AvgIpc) is 3.41. The lowest BCUT2D eigenvalue weighted by molar-refractivity contribution is 0.0271. The largest absolute Gasteiger partial charge is 0.355 e. The van der Waals surface area contributed by atoms with E-state index in [0.717, 1.165) is 29.0 Å². The van der Waals surface area contributed by atoms with Crippen molar-refractivity contribution in [3.05, 3.63) is 53.3 Å². The minimum Gasteiger partial charge on any atom is -0.355 e. The molecule has 2 aromatic carbocycles. The normalized spacial score (nSPS) is 13.6. The Hall–Kier alpha value is -2.05. The number of aryl methyl sites for hydroxylation is 1. The molecule has 6 heteroatoms. The zero-order valence-corrected chi connectivity index (χ0v) is 15.1. The topological polar surface area (TPSA) is 50.4 Å². The number of hydrogen-bond acceptors (Lipinski definition) is 4. The molecule has 25 heavy (non-hydrogen) atoms. The van der Waals surface area contributed by atoms with E-state index in [1.807, 2.05) is 31.4 Å². The van der Waals surface area contributed by atoms with Crippen molar-refractivity contribution in [2.75, 3.05) is 18.2 Å². The molecule has 0 atom stereocenters. The van der Waals surface area contributed by atoms with Crippen LogP contribution in [0.3, 0.4) is 0 Å². The van der Waals surface area contributed by atoms with Crippen molar-refractivity contribution in [1.29, 1.82) is 0 Å². The zero-order valence-electron chi connectivity index (χ0n) is 14.3. The van der Waals surface area contributed by atoms with Crippen LogP contribution < -0.4 is 10.8 Å². The number of thioether (sulfide) groups is 1. The van der Waals surface area contributed by atoms with Gasteiger partial charge in [-0.2, -0.15) is 0 Å².